The van der Waals surface area contributed by atoms with E-state index in [4.69, 9.17) is 27.9 Å². The van der Waals surface area contributed by atoms with Crippen molar-refractivity contribution >= 4 is 50.7 Å². The number of carbonyl (C=O) groups excluding carboxylic acids is 2. The Morgan fingerprint density at radius 1 is 0.976 bits per heavy atom. The third kappa shape index (κ3) is 8.15. The van der Waals surface area contributed by atoms with Gasteiger partial charge in [0.2, 0.25) is 11.8 Å². The van der Waals surface area contributed by atoms with E-state index in [9.17, 15) is 18.0 Å². The number of methoxy groups -OCH3 is 1. The van der Waals surface area contributed by atoms with Crippen molar-refractivity contribution < 1.29 is 22.7 Å². The average molecular weight is 621 g/mol. The van der Waals surface area contributed by atoms with Crippen LogP contribution in [0.25, 0.3) is 0 Å². The van der Waals surface area contributed by atoms with Crippen molar-refractivity contribution in [2.45, 2.75) is 45.2 Å². The molecular formula is C30H35Cl2N3O5S. The van der Waals surface area contributed by atoms with Crippen LogP contribution in [-0.4, -0.2) is 51.4 Å². The molecule has 1 atom stereocenters. The molecule has 0 aliphatic rings. The van der Waals surface area contributed by atoms with Crippen LogP contribution in [0.3, 0.4) is 0 Å². The monoisotopic (exact) mass is 619 g/mol. The van der Waals surface area contributed by atoms with E-state index in [-0.39, 0.29) is 34.7 Å². The normalized spacial score (nSPS) is 12.1. The number of hydrogen-bond donors (Lipinski definition) is 1. The second-order valence-electron chi connectivity index (χ2n) is 10.1. The fourth-order valence-corrected chi connectivity index (χ4v) is 5.95. The van der Waals surface area contributed by atoms with E-state index in [0.717, 1.165) is 9.87 Å². The highest BCUT2D eigenvalue weighted by molar-refractivity contribution is 7.92. The number of rotatable bonds is 12. The number of anilines is 1. The van der Waals surface area contributed by atoms with Crippen molar-refractivity contribution in [2.75, 3.05) is 24.5 Å². The number of amides is 2. The summed E-state index contributed by atoms with van der Waals surface area (Å²) in [4.78, 5) is 28.5. The van der Waals surface area contributed by atoms with Gasteiger partial charge >= 0.3 is 0 Å². The topological polar surface area (TPSA) is 96.0 Å². The highest BCUT2D eigenvalue weighted by atomic mass is 35.5. The molecule has 3 aromatic carbocycles. The predicted octanol–water partition coefficient (Wildman–Crippen LogP) is 5.70. The number of carbonyl (C=O) groups is 2. The lowest BCUT2D eigenvalue weighted by atomic mass is 10.1. The first-order chi connectivity index (χ1) is 19.3. The number of para-hydroxylation sites is 2. The first-order valence-corrected chi connectivity index (χ1v) is 15.3. The van der Waals surface area contributed by atoms with Gasteiger partial charge in [0.1, 0.15) is 18.3 Å². The van der Waals surface area contributed by atoms with Crippen LogP contribution in [-0.2, 0) is 26.2 Å². The Kier molecular flexibility index (Phi) is 11.1. The number of sulfonamides is 1. The first-order valence-electron chi connectivity index (χ1n) is 13.1. The molecule has 1 N–H and O–H groups in total. The van der Waals surface area contributed by atoms with Crippen molar-refractivity contribution in [1.82, 2.24) is 10.2 Å². The zero-order valence-corrected chi connectivity index (χ0v) is 26.1. The molecule has 0 aliphatic carbocycles. The molecule has 11 heteroatoms. The summed E-state index contributed by atoms with van der Waals surface area (Å²) in [6.07, 6.45) is 0. The molecule has 0 fully saturated rings. The quantitative estimate of drug-likeness (QED) is 0.281. The highest BCUT2D eigenvalue weighted by Gasteiger charge is 2.34. The molecule has 41 heavy (non-hydrogen) atoms. The molecule has 8 nitrogen and oxygen atoms in total. The van der Waals surface area contributed by atoms with Crippen LogP contribution in [0.1, 0.15) is 31.9 Å². The summed E-state index contributed by atoms with van der Waals surface area (Å²) in [5.74, 6) is -0.514. The number of nitrogens with one attached hydrogen (secondary N) is 1. The molecule has 3 aromatic rings. The van der Waals surface area contributed by atoms with Crippen LogP contribution in [0.15, 0.2) is 71.6 Å². The second kappa shape index (κ2) is 14.1. The predicted molar refractivity (Wildman–Crippen MR) is 163 cm³/mol. The molecule has 0 unspecified atom stereocenters. The van der Waals surface area contributed by atoms with Gasteiger partial charge in [0.25, 0.3) is 10.0 Å². The van der Waals surface area contributed by atoms with Gasteiger partial charge in [0.15, 0.2) is 0 Å². The molecule has 0 spiro atoms. The number of ether oxygens (including phenoxy) is 1. The Morgan fingerprint density at radius 2 is 1.63 bits per heavy atom. The minimum absolute atomic E-state index is 0.0110. The van der Waals surface area contributed by atoms with E-state index in [0.29, 0.717) is 22.2 Å². The van der Waals surface area contributed by atoms with Crippen LogP contribution < -0.4 is 14.4 Å². The smallest absolute Gasteiger partial charge is 0.264 e. The van der Waals surface area contributed by atoms with Crippen molar-refractivity contribution in [1.29, 1.82) is 0 Å². The lowest BCUT2D eigenvalue weighted by Crippen LogP contribution is -2.51. The third-order valence-electron chi connectivity index (χ3n) is 6.45. The van der Waals surface area contributed by atoms with Gasteiger partial charge in [-0.25, -0.2) is 8.42 Å². The van der Waals surface area contributed by atoms with Crippen LogP contribution in [0.5, 0.6) is 5.75 Å². The Bertz CT molecular complexity index is 1480. The van der Waals surface area contributed by atoms with Crippen molar-refractivity contribution in [3.63, 3.8) is 0 Å². The SMILES string of the molecule is COc1ccccc1N(CC(=O)N(Cc1ccc(Cl)cc1Cl)[C@H](C)C(=O)NCC(C)C)S(=O)(=O)c1ccc(C)cc1. The van der Waals surface area contributed by atoms with E-state index in [1.165, 1.54) is 24.1 Å². The molecule has 0 saturated carbocycles. The standard InChI is InChI=1S/C30H35Cl2N3O5S/c1-20(2)17-33-30(37)22(4)34(18-23-12-13-24(31)16-26(23)32)29(36)19-35(27-8-6-7-9-28(27)40-5)41(38,39)25-14-10-21(3)11-15-25/h6-16,20,22H,17-19H2,1-5H3,(H,33,37)/t22-/m1/s1. The second-order valence-corrected chi connectivity index (χ2v) is 12.8. The van der Waals surface area contributed by atoms with Crippen molar-refractivity contribution in [2.24, 2.45) is 5.92 Å². The van der Waals surface area contributed by atoms with Gasteiger partial charge < -0.3 is 15.0 Å². The van der Waals surface area contributed by atoms with E-state index in [1.807, 2.05) is 20.8 Å². The summed E-state index contributed by atoms with van der Waals surface area (Å²) in [7, 11) is -2.80. The van der Waals surface area contributed by atoms with Gasteiger partial charge in [-0.05, 0) is 61.7 Å². The maximum absolute atomic E-state index is 14.1. The van der Waals surface area contributed by atoms with Gasteiger partial charge in [0.05, 0.1) is 17.7 Å². The first kappa shape index (κ1) is 32.2. The molecule has 0 saturated heterocycles. The molecular weight excluding hydrogens is 585 g/mol. The zero-order valence-electron chi connectivity index (χ0n) is 23.7. The summed E-state index contributed by atoms with van der Waals surface area (Å²) >= 11 is 12.5. The summed E-state index contributed by atoms with van der Waals surface area (Å²) in [5.41, 5.74) is 1.62. The average Bonchev–Trinajstić information content (AvgIpc) is 2.93. The number of benzene rings is 3. The van der Waals surface area contributed by atoms with Gasteiger partial charge in [-0.1, -0.05) is 72.9 Å². The molecule has 0 aliphatic heterocycles. The fourth-order valence-electron chi connectivity index (χ4n) is 4.06. The maximum Gasteiger partial charge on any atom is 0.264 e. The van der Waals surface area contributed by atoms with E-state index < -0.39 is 28.5 Å². The lowest BCUT2D eigenvalue weighted by Gasteiger charge is -2.32. The van der Waals surface area contributed by atoms with E-state index in [2.05, 4.69) is 5.32 Å². The van der Waals surface area contributed by atoms with Crippen LogP contribution >= 0.6 is 23.2 Å². The molecule has 0 bridgehead atoms. The summed E-state index contributed by atoms with van der Waals surface area (Å²) in [6, 6.07) is 16.8. The summed E-state index contributed by atoms with van der Waals surface area (Å²) < 4.78 is 34.4. The van der Waals surface area contributed by atoms with Crippen LogP contribution in [0, 0.1) is 12.8 Å². The summed E-state index contributed by atoms with van der Waals surface area (Å²) in [6.45, 7) is 7.15. The van der Waals surface area contributed by atoms with Crippen LogP contribution in [0.4, 0.5) is 5.69 Å². The van der Waals surface area contributed by atoms with Gasteiger partial charge in [-0.2, -0.15) is 0 Å². The van der Waals surface area contributed by atoms with Crippen molar-refractivity contribution in [3.05, 3.63) is 87.9 Å². The van der Waals surface area contributed by atoms with E-state index >= 15 is 0 Å². The van der Waals surface area contributed by atoms with Crippen molar-refractivity contribution in [3.8, 4) is 5.75 Å². The largest absolute Gasteiger partial charge is 0.495 e. The Hall–Kier alpha value is -3.27. The molecule has 3 rings (SSSR count). The molecule has 0 heterocycles. The van der Waals surface area contributed by atoms with Gasteiger partial charge in [-0.15, -0.1) is 0 Å². The summed E-state index contributed by atoms with van der Waals surface area (Å²) in [5, 5.41) is 3.59. The number of aryl methyl sites for hydroxylation is 1. The Balaban J connectivity index is 2.07. The molecule has 220 valence electrons. The molecule has 2 amide bonds. The minimum atomic E-state index is -4.22. The highest BCUT2D eigenvalue weighted by Crippen LogP contribution is 2.33. The third-order valence-corrected chi connectivity index (χ3v) is 8.81. The fraction of sp³-hybridized carbons (Fsp3) is 0.333. The Labute approximate surface area is 252 Å². The Morgan fingerprint density at radius 3 is 2.24 bits per heavy atom. The zero-order chi connectivity index (χ0) is 30.3. The number of hydrogen-bond acceptors (Lipinski definition) is 5. The molecule has 0 aromatic heterocycles. The number of halogens is 2. The minimum Gasteiger partial charge on any atom is -0.495 e. The lowest BCUT2D eigenvalue weighted by molar-refractivity contribution is -0.139. The van der Waals surface area contributed by atoms with E-state index in [1.54, 1.807) is 61.5 Å². The van der Waals surface area contributed by atoms with Crippen LogP contribution in [0.2, 0.25) is 10.0 Å². The molecule has 0 radical (unpaired) electrons. The number of nitrogens with zero attached hydrogens (tertiary/aromatic N) is 2. The van der Waals surface area contributed by atoms with Gasteiger partial charge in [-0.3, -0.25) is 13.9 Å². The van der Waals surface area contributed by atoms with Gasteiger partial charge in [0, 0.05) is 23.1 Å². The maximum atomic E-state index is 14.1.